The standard InChI is InChI=1S/C11H18O2.C3H8.CH4/c1-6-5-7(11(2,3)4)9-10(13-9)8(6)12;1-3-2;/h6-7,9-10H,5H2,1-4H3;3H2,1-2H3;1H4/t6-,7?,9?,10?;;/m1../s1. The van der Waals surface area contributed by atoms with Gasteiger partial charge in [-0.3, -0.25) is 4.79 Å². The van der Waals surface area contributed by atoms with Crippen LogP contribution in [0.1, 0.15) is 61.8 Å². The summed E-state index contributed by atoms with van der Waals surface area (Å²) in [4.78, 5) is 11.5. The highest BCUT2D eigenvalue weighted by Gasteiger charge is 2.57. The van der Waals surface area contributed by atoms with Crippen LogP contribution in [-0.2, 0) is 9.53 Å². The van der Waals surface area contributed by atoms with E-state index in [2.05, 4.69) is 34.6 Å². The number of epoxide rings is 1. The van der Waals surface area contributed by atoms with Gasteiger partial charge in [-0.1, -0.05) is 55.4 Å². The van der Waals surface area contributed by atoms with Crippen LogP contribution >= 0.6 is 0 Å². The van der Waals surface area contributed by atoms with Gasteiger partial charge in [-0.25, -0.2) is 0 Å². The van der Waals surface area contributed by atoms with E-state index in [-0.39, 0.29) is 31.0 Å². The minimum absolute atomic E-state index is 0. The maximum Gasteiger partial charge on any atom is 0.167 e. The lowest BCUT2D eigenvalue weighted by atomic mass is 9.69. The summed E-state index contributed by atoms with van der Waals surface area (Å²) in [5.41, 5.74) is 0.272. The predicted octanol–water partition coefficient (Wildman–Crippen LogP) is 4.08. The lowest BCUT2D eigenvalue weighted by molar-refractivity contribution is -0.125. The number of Topliss-reactive ketones (excluding diaryl/α,β-unsaturated/α-hetero) is 1. The van der Waals surface area contributed by atoms with E-state index < -0.39 is 0 Å². The Labute approximate surface area is 107 Å². The molecular formula is C15H30O2. The molecule has 2 aliphatic rings. The third-order valence-corrected chi connectivity index (χ3v) is 3.41. The van der Waals surface area contributed by atoms with Crippen LogP contribution in [0.5, 0.6) is 0 Å². The molecule has 0 aromatic rings. The lowest BCUT2D eigenvalue weighted by Gasteiger charge is -2.33. The van der Waals surface area contributed by atoms with E-state index in [0.717, 1.165) is 6.42 Å². The molecule has 2 heteroatoms. The number of hydrogen-bond acceptors (Lipinski definition) is 2. The summed E-state index contributed by atoms with van der Waals surface area (Å²) in [5.74, 6) is 1.09. The quantitative estimate of drug-likeness (QED) is 0.599. The Bertz CT molecular complexity index is 248. The monoisotopic (exact) mass is 242 g/mol. The average Bonchev–Trinajstić information content (AvgIpc) is 2.90. The summed E-state index contributed by atoms with van der Waals surface area (Å²) in [6, 6.07) is 0. The first-order chi connectivity index (χ1) is 7.32. The molecule has 1 saturated heterocycles. The third-order valence-electron chi connectivity index (χ3n) is 3.41. The van der Waals surface area contributed by atoms with Crippen molar-refractivity contribution in [3.8, 4) is 0 Å². The topological polar surface area (TPSA) is 29.6 Å². The fraction of sp³-hybridized carbons (Fsp3) is 0.933. The molecule has 2 rings (SSSR count). The first-order valence-electron chi connectivity index (χ1n) is 6.52. The summed E-state index contributed by atoms with van der Waals surface area (Å²) in [7, 11) is 0. The number of carbonyl (C=O) groups is 1. The average molecular weight is 242 g/mol. The van der Waals surface area contributed by atoms with E-state index in [9.17, 15) is 4.79 Å². The van der Waals surface area contributed by atoms with E-state index in [1.54, 1.807) is 0 Å². The molecule has 0 N–H and O–H groups in total. The Kier molecular flexibility index (Phi) is 5.86. The smallest absolute Gasteiger partial charge is 0.167 e. The van der Waals surface area contributed by atoms with E-state index in [0.29, 0.717) is 11.7 Å². The molecule has 0 amide bonds. The SMILES string of the molecule is C.CCC.C[C@@H]1CC(C(C)(C)C)C2OC2C1=O. The molecule has 0 spiro atoms. The molecule has 0 bridgehead atoms. The second-order valence-electron chi connectivity index (χ2n) is 6.24. The van der Waals surface area contributed by atoms with Gasteiger partial charge in [0.05, 0.1) is 6.10 Å². The zero-order valence-electron chi connectivity index (χ0n) is 11.5. The van der Waals surface area contributed by atoms with Crippen LogP contribution in [0.25, 0.3) is 0 Å². The highest BCUT2D eigenvalue weighted by Crippen LogP contribution is 2.48. The van der Waals surface area contributed by atoms with Gasteiger partial charge in [0, 0.05) is 5.92 Å². The summed E-state index contributed by atoms with van der Waals surface area (Å²) in [6.07, 6.45) is 2.44. The van der Waals surface area contributed by atoms with Gasteiger partial charge in [0.1, 0.15) is 6.10 Å². The maximum atomic E-state index is 11.5. The molecule has 0 radical (unpaired) electrons. The van der Waals surface area contributed by atoms with Gasteiger partial charge in [0.25, 0.3) is 0 Å². The van der Waals surface area contributed by atoms with Crippen molar-refractivity contribution in [1.82, 2.24) is 0 Å². The van der Waals surface area contributed by atoms with E-state index >= 15 is 0 Å². The zero-order chi connectivity index (χ0) is 12.5. The molecule has 1 saturated carbocycles. The minimum atomic E-state index is -0.0482. The van der Waals surface area contributed by atoms with Crippen LogP contribution in [0.2, 0.25) is 0 Å². The van der Waals surface area contributed by atoms with Gasteiger partial charge in [-0.15, -0.1) is 0 Å². The van der Waals surface area contributed by atoms with Crippen LogP contribution < -0.4 is 0 Å². The first-order valence-corrected chi connectivity index (χ1v) is 6.52. The van der Waals surface area contributed by atoms with Gasteiger partial charge >= 0.3 is 0 Å². The number of rotatable bonds is 0. The fourth-order valence-electron chi connectivity index (χ4n) is 2.42. The lowest BCUT2D eigenvalue weighted by Crippen LogP contribution is -2.37. The molecule has 0 aromatic carbocycles. The van der Waals surface area contributed by atoms with Gasteiger partial charge in [-0.05, 0) is 17.8 Å². The second kappa shape index (κ2) is 5.99. The molecule has 17 heavy (non-hydrogen) atoms. The highest BCUT2D eigenvalue weighted by molar-refractivity contribution is 5.88. The zero-order valence-corrected chi connectivity index (χ0v) is 11.5. The normalized spacial score (nSPS) is 35.1. The van der Waals surface area contributed by atoms with Crippen LogP contribution in [-0.4, -0.2) is 18.0 Å². The van der Waals surface area contributed by atoms with Gasteiger partial charge in [0.2, 0.25) is 0 Å². The van der Waals surface area contributed by atoms with Crippen LogP contribution in [0.4, 0.5) is 0 Å². The summed E-state index contributed by atoms with van der Waals surface area (Å²) >= 11 is 0. The molecule has 1 aliphatic carbocycles. The first kappa shape index (κ1) is 16.6. The number of hydrogen-bond donors (Lipinski definition) is 0. The number of ether oxygens (including phenoxy) is 1. The Morgan fingerprint density at radius 2 is 1.76 bits per heavy atom. The van der Waals surface area contributed by atoms with E-state index in [1.165, 1.54) is 6.42 Å². The molecule has 2 fully saturated rings. The van der Waals surface area contributed by atoms with Gasteiger partial charge < -0.3 is 4.74 Å². The molecular weight excluding hydrogens is 212 g/mol. The van der Waals surface area contributed by atoms with Crippen molar-refractivity contribution in [3.63, 3.8) is 0 Å². The largest absolute Gasteiger partial charge is 0.361 e. The third kappa shape index (κ3) is 3.80. The molecule has 1 aliphatic heterocycles. The summed E-state index contributed by atoms with van der Waals surface area (Å²) < 4.78 is 5.45. The Hall–Kier alpha value is -0.370. The molecule has 3 unspecified atom stereocenters. The minimum Gasteiger partial charge on any atom is -0.361 e. The molecule has 102 valence electrons. The molecule has 2 nitrogen and oxygen atoms in total. The van der Waals surface area contributed by atoms with Crippen molar-refractivity contribution < 1.29 is 9.53 Å². The predicted molar refractivity (Wildman–Crippen MR) is 73.1 cm³/mol. The maximum absolute atomic E-state index is 11.5. The number of carbonyl (C=O) groups excluding carboxylic acids is 1. The van der Waals surface area contributed by atoms with E-state index in [4.69, 9.17) is 4.74 Å². The van der Waals surface area contributed by atoms with Crippen molar-refractivity contribution in [2.45, 2.75) is 74.0 Å². The summed E-state index contributed by atoms with van der Waals surface area (Å²) in [6.45, 7) is 13.0. The Balaban J connectivity index is 0.000000583. The molecule has 1 heterocycles. The van der Waals surface area contributed by atoms with Crippen molar-refractivity contribution in [3.05, 3.63) is 0 Å². The van der Waals surface area contributed by atoms with Gasteiger partial charge in [-0.2, -0.15) is 0 Å². The van der Waals surface area contributed by atoms with Crippen molar-refractivity contribution in [2.24, 2.45) is 17.3 Å². The molecule has 0 aromatic heterocycles. The molecule has 4 atom stereocenters. The Morgan fingerprint density at radius 1 is 1.29 bits per heavy atom. The van der Waals surface area contributed by atoms with Crippen LogP contribution in [0, 0.1) is 17.3 Å². The van der Waals surface area contributed by atoms with Crippen molar-refractivity contribution in [2.75, 3.05) is 0 Å². The summed E-state index contributed by atoms with van der Waals surface area (Å²) in [5, 5.41) is 0. The number of ketones is 1. The van der Waals surface area contributed by atoms with Crippen molar-refractivity contribution >= 4 is 5.78 Å². The number of fused-ring (bicyclic) bond motifs is 1. The van der Waals surface area contributed by atoms with Crippen LogP contribution in [0.3, 0.4) is 0 Å². The van der Waals surface area contributed by atoms with Crippen molar-refractivity contribution in [1.29, 1.82) is 0 Å². The van der Waals surface area contributed by atoms with Gasteiger partial charge in [0.15, 0.2) is 5.78 Å². The Morgan fingerprint density at radius 3 is 2.18 bits per heavy atom. The van der Waals surface area contributed by atoms with Crippen LogP contribution in [0.15, 0.2) is 0 Å². The second-order valence-corrected chi connectivity index (χ2v) is 6.24. The van der Waals surface area contributed by atoms with E-state index in [1.807, 2.05) is 6.92 Å². The highest BCUT2D eigenvalue weighted by atomic mass is 16.6. The fourth-order valence-corrected chi connectivity index (χ4v) is 2.42.